The van der Waals surface area contributed by atoms with Crippen molar-refractivity contribution in [1.82, 2.24) is 19.9 Å². The van der Waals surface area contributed by atoms with Gasteiger partial charge in [-0.1, -0.05) is 188 Å². The Morgan fingerprint density at radius 3 is 1.35 bits per heavy atom. The van der Waals surface area contributed by atoms with Crippen molar-refractivity contribution < 1.29 is 18.9 Å². The Balaban J connectivity index is 0.000000126. The second-order valence-corrected chi connectivity index (χ2v) is 21.8. The molecule has 0 bridgehead atoms. The second-order valence-electron chi connectivity index (χ2n) is 19.2. The lowest BCUT2D eigenvalue weighted by Gasteiger charge is -2.07. The molecule has 12 heteroatoms. The van der Waals surface area contributed by atoms with Crippen molar-refractivity contribution >= 4 is 131 Å². The molecule has 0 radical (unpaired) electrons. The first-order valence-electron chi connectivity index (χ1n) is 25.9. The van der Waals surface area contributed by atoms with Crippen LogP contribution in [0.15, 0.2) is 252 Å². The van der Waals surface area contributed by atoms with Crippen LogP contribution >= 0.6 is 34.3 Å². The number of thiophene rings is 2. The van der Waals surface area contributed by atoms with Crippen molar-refractivity contribution in [2.24, 2.45) is 0 Å². The van der Waals surface area contributed by atoms with Crippen LogP contribution in [-0.4, -0.2) is 37.1 Å². The zero-order valence-corrected chi connectivity index (χ0v) is 44.8. The summed E-state index contributed by atoms with van der Waals surface area (Å²) in [6, 6.07) is 78.3. The molecule has 0 amide bonds. The lowest BCUT2D eigenvalue weighted by molar-refractivity contribution is 0.426. The fraction of sp³-hybridized carbons (Fsp3) is 0. The van der Waals surface area contributed by atoms with Crippen LogP contribution in [-0.2, 0) is 0 Å². The maximum absolute atomic E-state index is 8.58. The van der Waals surface area contributed by atoms with Gasteiger partial charge in [-0.25, -0.2) is 19.9 Å². The molecule has 2 N–H and O–H groups in total. The molecule has 0 atom stereocenters. The quantitative estimate of drug-likeness (QED) is 0.158. The molecule has 0 aliphatic heterocycles. The van der Waals surface area contributed by atoms with Crippen molar-refractivity contribution in [2.45, 2.75) is 0 Å². The molecule has 0 saturated carbocycles. The van der Waals surface area contributed by atoms with E-state index < -0.39 is 7.12 Å². The van der Waals surface area contributed by atoms with Crippen molar-refractivity contribution in [3.8, 4) is 55.9 Å². The lowest BCUT2D eigenvalue weighted by Crippen LogP contribution is -2.29. The van der Waals surface area contributed by atoms with Gasteiger partial charge < -0.3 is 18.9 Å². The van der Waals surface area contributed by atoms with Crippen LogP contribution in [0.2, 0.25) is 5.02 Å². The molecule has 6 aromatic heterocycles. The summed E-state index contributed by atoms with van der Waals surface area (Å²) in [5, 5.41) is 24.9. The van der Waals surface area contributed by atoms with Gasteiger partial charge in [0.25, 0.3) is 0 Å². The van der Waals surface area contributed by atoms with Crippen molar-refractivity contribution in [2.75, 3.05) is 0 Å². The van der Waals surface area contributed by atoms with Crippen LogP contribution in [0.4, 0.5) is 0 Å². The highest BCUT2D eigenvalue weighted by atomic mass is 35.5. The highest BCUT2D eigenvalue weighted by molar-refractivity contribution is 7.26. The Hall–Kier alpha value is -9.33. The van der Waals surface area contributed by atoms with Crippen LogP contribution < -0.4 is 5.46 Å². The second kappa shape index (κ2) is 20.8. The molecule has 0 saturated heterocycles. The minimum atomic E-state index is -1.34. The van der Waals surface area contributed by atoms with Crippen molar-refractivity contribution in [3.05, 3.63) is 248 Å². The summed E-state index contributed by atoms with van der Waals surface area (Å²) in [7, 11) is -1.34. The number of benzene rings is 10. The van der Waals surface area contributed by atoms with Crippen LogP contribution in [0.1, 0.15) is 0 Å². The number of fused-ring (bicyclic) bond motifs is 12. The molecule has 0 unspecified atom stereocenters. The van der Waals surface area contributed by atoms with Gasteiger partial charge in [0.15, 0.2) is 11.2 Å². The molecule has 0 aliphatic carbocycles. The normalized spacial score (nSPS) is 11.4. The highest BCUT2D eigenvalue weighted by Gasteiger charge is 2.19. The third-order valence-electron chi connectivity index (χ3n) is 14.4. The molecule has 0 aliphatic rings. The van der Waals surface area contributed by atoms with Crippen LogP contribution in [0.5, 0.6) is 0 Å². The summed E-state index contributed by atoms with van der Waals surface area (Å²) in [4.78, 5) is 18.4. The average molecular weight is 1090 g/mol. The van der Waals surface area contributed by atoms with Gasteiger partial charge in [0.2, 0.25) is 0 Å². The molecule has 380 valence electrons. The Labute approximate surface area is 471 Å². The van der Waals surface area contributed by atoms with E-state index in [1.807, 2.05) is 59.1 Å². The maximum atomic E-state index is 8.58. The average Bonchev–Trinajstić information content (AvgIpc) is 4.49. The van der Waals surface area contributed by atoms with E-state index in [4.69, 9.17) is 30.5 Å². The Kier molecular flexibility index (Phi) is 12.7. The predicted molar refractivity (Wildman–Crippen MR) is 333 cm³/mol. The molecular weight excluding hydrogens is 1050 g/mol. The molecule has 16 rings (SSSR count). The number of rotatable bonds is 6. The minimum Gasteiger partial charge on any atom is -0.452 e. The van der Waals surface area contributed by atoms with Gasteiger partial charge >= 0.3 is 7.12 Å². The van der Waals surface area contributed by atoms with E-state index >= 15 is 0 Å². The molecule has 80 heavy (non-hydrogen) atoms. The van der Waals surface area contributed by atoms with E-state index in [-0.39, 0.29) is 0 Å². The highest BCUT2D eigenvalue weighted by Crippen LogP contribution is 2.44. The Morgan fingerprint density at radius 1 is 0.362 bits per heavy atom. The zero-order chi connectivity index (χ0) is 53.7. The van der Waals surface area contributed by atoms with Crippen LogP contribution in [0.3, 0.4) is 0 Å². The minimum absolute atomic E-state index is 0.525. The number of aromatic nitrogens is 4. The first-order chi connectivity index (χ1) is 39.4. The lowest BCUT2D eigenvalue weighted by atomic mass is 9.81. The van der Waals surface area contributed by atoms with E-state index in [9.17, 15) is 0 Å². The summed E-state index contributed by atoms with van der Waals surface area (Å²) in [5.74, 6) is 0. The van der Waals surface area contributed by atoms with Crippen molar-refractivity contribution in [3.63, 3.8) is 0 Å². The number of hydrogen-bond acceptors (Lipinski definition) is 10. The molecule has 0 spiro atoms. The van der Waals surface area contributed by atoms with Crippen LogP contribution in [0.25, 0.3) is 140 Å². The molecule has 0 fully saturated rings. The fourth-order valence-electron chi connectivity index (χ4n) is 10.6. The first kappa shape index (κ1) is 49.0. The van der Waals surface area contributed by atoms with Gasteiger partial charge in [0, 0.05) is 67.3 Å². The molecule has 8 nitrogen and oxygen atoms in total. The number of halogens is 1. The largest absolute Gasteiger partial charge is 0.488 e. The van der Waals surface area contributed by atoms with E-state index in [2.05, 4.69) is 190 Å². The van der Waals surface area contributed by atoms with Crippen molar-refractivity contribution in [1.29, 1.82) is 0 Å². The summed E-state index contributed by atoms with van der Waals surface area (Å²) in [5.41, 5.74) is 15.7. The molecule has 16 aromatic rings. The van der Waals surface area contributed by atoms with Gasteiger partial charge in [0.05, 0.1) is 0 Å². The van der Waals surface area contributed by atoms with Gasteiger partial charge in [-0.3, -0.25) is 0 Å². The Morgan fingerprint density at radius 2 is 0.812 bits per heavy atom. The zero-order valence-electron chi connectivity index (χ0n) is 42.4. The summed E-state index contributed by atoms with van der Waals surface area (Å²) < 4.78 is 17.7. The third-order valence-corrected chi connectivity index (χ3v) is 17.0. The van der Waals surface area contributed by atoms with Gasteiger partial charge in [-0.15, -0.1) is 22.7 Å². The van der Waals surface area contributed by atoms with Gasteiger partial charge in [-0.05, 0) is 93.4 Å². The van der Waals surface area contributed by atoms with E-state index in [1.54, 1.807) is 36.9 Å². The summed E-state index contributed by atoms with van der Waals surface area (Å²) >= 11 is 9.89. The molecule has 10 aromatic carbocycles. The number of nitrogens with zero attached hydrogens (tertiary/aromatic N) is 4. The standard InChI is InChI=1S/C34H20N2OS.C28H15ClN2OS.C6H7BO2/c1-2-8-21(9-3-1)22-16-17-29-28(19-22)32-33(37-29)31(35-20-36-32)24-11-6-10-23(18-24)25-13-7-14-27-26-12-4-5-15-30(26)38-34(25)27;29-18-11-12-23-22(14-18)26-27(32-23)25(30-15-31-26)17-6-3-5-16(13-17)19-8-4-9-21-20-7-1-2-10-24(20)33-28(19)21;8-7(9)6-4-2-1-3-5-6/h1-20H;1-15H;1-5,8-9H. The van der Waals surface area contributed by atoms with E-state index in [0.29, 0.717) is 21.7 Å². The Bertz CT molecular complexity index is 4980. The SMILES string of the molecule is Clc1ccc2oc3c(-c4cccc(-c5cccc6c5sc5ccccc56)c4)ncnc3c2c1.OB(O)c1ccccc1.c1ccc(-c2ccc3oc4c(-c5cccc(-c6cccc7c6sc6ccccc67)c5)ncnc4c3c2)cc1. The number of hydrogen-bond donors (Lipinski definition) is 2. The predicted octanol–water partition coefficient (Wildman–Crippen LogP) is 17.8. The number of furan rings is 2. The summed E-state index contributed by atoms with van der Waals surface area (Å²) in [6.07, 6.45) is 3.23. The third kappa shape index (κ3) is 9.03. The smallest absolute Gasteiger partial charge is 0.452 e. The van der Waals surface area contributed by atoms with E-state index in [0.717, 1.165) is 72.2 Å². The van der Waals surface area contributed by atoms with Gasteiger partial charge in [-0.2, -0.15) is 0 Å². The van der Waals surface area contributed by atoms with Gasteiger partial charge in [0.1, 0.15) is 46.2 Å². The topological polar surface area (TPSA) is 118 Å². The maximum Gasteiger partial charge on any atom is 0.488 e. The molecular formula is C68H42BClN4O4S2. The monoisotopic (exact) mass is 1090 g/mol. The molecule has 6 heterocycles. The van der Waals surface area contributed by atoms with E-state index in [1.165, 1.54) is 57.0 Å². The summed E-state index contributed by atoms with van der Waals surface area (Å²) in [6.45, 7) is 0. The fourth-order valence-corrected chi connectivity index (χ4v) is 13.2. The first-order valence-corrected chi connectivity index (χ1v) is 27.9. The van der Waals surface area contributed by atoms with Crippen LogP contribution in [0, 0.1) is 0 Å².